The van der Waals surface area contributed by atoms with Crippen molar-refractivity contribution in [2.75, 3.05) is 25.3 Å². The zero-order chi connectivity index (χ0) is 8.97. The number of hydrogen-bond acceptors (Lipinski definition) is 6. The maximum Gasteiger partial charge on any atom is 0.303 e. The number of methoxy groups -OCH3 is 1. The summed E-state index contributed by atoms with van der Waals surface area (Å²) in [5.41, 5.74) is -0.265. The highest BCUT2D eigenvalue weighted by atomic mass is 32.1. The van der Waals surface area contributed by atoms with Crippen LogP contribution in [0.1, 0.15) is 0 Å². The third-order valence-corrected chi connectivity index (χ3v) is 1.82. The van der Waals surface area contributed by atoms with Crippen molar-refractivity contribution in [2.24, 2.45) is 5.84 Å². The van der Waals surface area contributed by atoms with Gasteiger partial charge in [0.1, 0.15) is 0 Å². The summed E-state index contributed by atoms with van der Waals surface area (Å²) in [6.07, 6.45) is 0. The highest BCUT2D eigenvalue weighted by Crippen LogP contribution is 1.98. The molecule has 68 valence electrons. The molecule has 0 aromatic carbocycles. The number of hydrogen-bond donors (Lipinski definition) is 2. The van der Waals surface area contributed by atoms with Crippen LogP contribution in [-0.2, 0) is 4.74 Å². The molecule has 0 saturated heterocycles. The second-order valence-corrected chi connectivity index (χ2v) is 2.69. The maximum atomic E-state index is 11.0. The van der Waals surface area contributed by atoms with Gasteiger partial charge < -0.3 is 4.74 Å². The molecular weight excluding hydrogens is 180 g/mol. The van der Waals surface area contributed by atoms with Crippen LogP contribution in [0.5, 0.6) is 0 Å². The Kier molecular flexibility index (Phi) is 3.20. The molecule has 0 aliphatic heterocycles. The number of anilines is 1. The Labute approximate surface area is 73.2 Å². The molecule has 3 N–H and O–H groups in total. The Hall–Kier alpha value is -0.920. The van der Waals surface area contributed by atoms with Gasteiger partial charge in [-0.1, -0.05) is 0 Å². The summed E-state index contributed by atoms with van der Waals surface area (Å²) < 4.78 is 11.0. The van der Waals surface area contributed by atoms with E-state index in [1.165, 1.54) is 5.01 Å². The van der Waals surface area contributed by atoms with Crippen molar-refractivity contribution in [3.05, 3.63) is 10.4 Å². The van der Waals surface area contributed by atoms with Crippen molar-refractivity contribution >= 4 is 17.5 Å². The van der Waals surface area contributed by atoms with Crippen molar-refractivity contribution in [1.82, 2.24) is 8.75 Å². The lowest BCUT2D eigenvalue weighted by Crippen LogP contribution is -2.37. The smallest absolute Gasteiger partial charge is 0.303 e. The van der Waals surface area contributed by atoms with Crippen LogP contribution in [0.3, 0.4) is 0 Å². The highest BCUT2D eigenvalue weighted by Gasteiger charge is 2.08. The van der Waals surface area contributed by atoms with Gasteiger partial charge in [-0.3, -0.25) is 14.2 Å². The van der Waals surface area contributed by atoms with Crippen LogP contribution >= 0.6 is 11.7 Å². The van der Waals surface area contributed by atoms with E-state index in [0.717, 1.165) is 11.7 Å². The third kappa shape index (κ3) is 2.03. The van der Waals surface area contributed by atoms with Crippen LogP contribution in [-0.4, -0.2) is 29.0 Å². The molecule has 0 saturated carbocycles. The first-order valence-corrected chi connectivity index (χ1v) is 4.08. The van der Waals surface area contributed by atoms with E-state index in [0.29, 0.717) is 13.2 Å². The topological polar surface area (TPSA) is 84.2 Å². The number of H-pyrrole nitrogens is 1. The largest absolute Gasteiger partial charge is 0.383 e. The first-order chi connectivity index (χ1) is 5.75. The molecule has 0 spiro atoms. The molecule has 0 aliphatic carbocycles. The van der Waals surface area contributed by atoms with E-state index in [-0.39, 0.29) is 11.4 Å². The normalized spacial score (nSPS) is 10.2. The Morgan fingerprint density at radius 2 is 2.58 bits per heavy atom. The molecule has 1 heterocycles. The zero-order valence-corrected chi connectivity index (χ0v) is 7.43. The summed E-state index contributed by atoms with van der Waals surface area (Å²) in [6.45, 7) is 0.913. The Bertz CT molecular complexity index is 283. The lowest BCUT2D eigenvalue weighted by atomic mass is 10.6. The summed E-state index contributed by atoms with van der Waals surface area (Å²) in [6, 6.07) is 0. The van der Waals surface area contributed by atoms with Crippen molar-refractivity contribution < 1.29 is 4.74 Å². The van der Waals surface area contributed by atoms with Crippen molar-refractivity contribution in [1.29, 1.82) is 0 Å². The highest BCUT2D eigenvalue weighted by molar-refractivity contribution is 6.99. The van der Waals surface area contributed by atoms with Gasteiger partial charge in [0.2, 0.25) is 5.82 Å². The number of rotatable bonds is 4. The zero-order valence-electron chi connectivity index (χ0n) is 6.61. The predicted molar refractivity (Wildman–Crippen MR) is 46.1 cm³/mol. The van der Waals surface area contributed by atoms with Gasteiger partial charge in [0.15, 0.2) is 0 Å². The van der Waals surface area contributed by atoms with E-state index >= 15 is 0 Å². The SMILES string of the molecule is COCCN(N)c1ns[nH]c1=O. The summed E-state index contributed by atoms with van der Waals surface area (Å²) in [5.74, 6) is 5.74. The minimum absolute atomic E-state index is 0.233. The fourth-order valence-corrected chi connectivity index (χ4v) is 1.17. The molecule has 7 heteroatoms. The van der Waals surface area contributed by atoms with Gasteiger partial charge in [-0.05, 0) is 0 Å². The molecule has 0 amide bonds. The Balaban J connectivity index is 2.59. The van der Waals surface area contributed by atoms with E-state index in [1.807, 2.05) is 0 Å². The fourth-order valence-electron chi connectivity index (χ4n) is 0.673. The Morgan fingerprint density at radius 1 is 1.83 bits per heavy atom. The van der Waals surface area contributed by atoms with Gasteiger partial charge in [0, 0.05) is 18.8 Å². The van der Waals surface area contributed by atoms with Crippen molar-refractivity contribution in [2.45, 2.75) is 0 Å². The monoisotopic (exact) mass is 190 g/mol. The molecule has 1 aromatic rings. The van der Waals surface area contributed by atoms with Crippen LogP contribution in [0.4, 0.5) is 5.82 Å². The third-order valence-electron chi connectivity index (χ3n) is 1.28. The van der Waals surface area contributed by atoms with Gasteiger partial charge in [-0.15, -0.1) is 0 Å². The van der Waals surface area contributed by atoms with Gasteiger partial charge in [0.25, 0.3) is 0 Å². The molecule has 0 radical (unpaired) electrons. The van der Waals surface area contributed by atoms with Crippen LogP contribution in [0.25, 0.3) is 0 Å². The van der Waals surface area contributed by atoms with Gasteiger partial charge in [0.05, 0.1) is 13.2 Å². The number of nitrogens with two attached hydrogens (primary N) is 1. The van der Waals surface area contributed by atoms with E-state index < -0.39 is 0 Å². The van der Waals surface area contributed by atoms with Gasteiger partial charge in [-0.25, -0.2) is 5.84 Å². The summed E-state index contributed by atoms with van der Waals surface area (Å²) in [5, 5.41) is 1.26. The van der Waals surface area contributed by atoms with E-state index in [4.69, 9.17) is 10.6 Å². The molecule has 0 aliphatic rings. The molecular formula is C5H10N4O2S. The maximum absolute atomic E-state index is 11.0. The van der Waals surface area contributed by atoms with E-state index in [2.05, 4.69) is 8.75 Å². The molecule has 0 atom stereocenters. The standard InChI is InChI=1S/C5H10N4O2S/c1-11-3-2-9(6)4-5(10)8-12-7-4/h2-3,6H2,1H3,(H,8,10). The second kappa shape index (κ2) is 4.19. The van der Waals surface area contributed by atoms with Crippen LogP contribution in [0.2, 0.25) is 0 Å². The first-order valence-electron chi connectivity index (χ1n) is 3.31. The first kappa shape index (κ1) is 9.17. The fraction of sp³-hybridized carbons (Fsp3) is 0.600. The lowest BCUT2D eigenvalue weighted by molar-refractivity contribution is 0.205. The minimum Gasteiger partial charge on any atom is -0.383 e. The summed E-state index contributed by atoms with van der Waals surface area (Å²) in [4.78, 5) is 11.0. The lowest BCUT2D eigenvalue weighted by Gasteiger charge is -2.12. The van der Waals surface area contributed by atoms with E-state index in [9.17, 15) is 4.79 Å². The molecule has 0 fully saturated rings. The molecule has 12 heavy (non-hydrogen) atoms. The van der Waals surface area contributed by atoms with E-state index in [1.54, 1.807) is 7.11 Å². The number of ether oxygens (including phenoxy) is 1. The average Bonchev–Trinajstić information content (AvgIpc) is 2.47. The average molecular weight is 190 g/mol. The minimum atomic E-state index is -0.265. The number of nitrogens with zero attached hydrogens (tertiary/aromatic N) is 2. The summed E-state index contributed by atoms with van der Waals surface area (Å²) >= 11 is 0.978. The van der Waals surface area contributed by atoms with Crippen molar-refractivity contribution in [3.8, 4) is 0 Å². The predicted octanol–water partition coefficient (Wildman–Crippen LogP) is -0.842. The summed E-state index contributed by atoms with van der Waals surface area (Å²) in [7, 11) is 1.57. The molecule has 1 rings (SSSR count). The number of nitrogens with one attached hydrogen (secondary N) is 1. The van der Waals surface area contributed by atoms with Crippen LogP contribution < -0.4 is 16.4 Å². The van der Waals surface area contributed by atoms with Gasteiger partial charge in [-0.2, -0.15) is 4.37 Å². The Morgan fingerprint density at radius 3 is 3.08 bits per heavy atom. The van der Waals surface area contributed by atoms with Crippen LogP contribution in [0.15, 0.2) is 4.79 Å². The quantitative estimate of drug-likeness (QED) is 0.477. The van der Waals surface area contributed by atoms with Crippen molar-refractivity contribution in [3.63, 3.8) is 0 Å². The second-order valence-electron chi connectivity index (χ2n) is 2.12. The number of hydrazine groups is 1. The molecule has 1 aromatic heterocycles. The molecule has 0 unspecified atom stereocenters. The van der Waals surface area contributed by atoms with Gasteiger partial charge >= 0.3 is 5.56 Å². The number of aromatic amines is 1. The number of aromatic nitrogens is 2. The van der Waals surface area contributed by atoms with Crippen LogP contribution in [0, 0.1) is 0 Å². The molecule has 0 bridgehead atoms. The molecule has 6 nitrogen and oxygen atoms in total.